The Bertz CT molecular complexity index is 5720. The Morgan fingerprint density at radius 1 is 0.311 bits per heavy atom. The Morgan fingerprint density at radius 2 is 0.606 bits per heavy atom. The fraction of sp³-hybridized carbons (Fsp3) is 0.397. The molecular formula is C116H130ClF4N7O4. The van der Waals surface area contributed by atoms with Crippen LogP contribution in [0.2, 0.25) is 5.02 Å². The molecule has 688 valence electrons. The van der Waals surface area contributed by atoms with Crippen molar-refractivity contribution in [3.8, 4) is 44.5 Å². The lowest BCUT2D eigenvalue weighted by Gasteiger charge is -2.28. The second-order valence-corrected chi connectivity index (χ2v) is 38.7. The van der Waals surface area contributed by atoms with E-state index in [1.165, 1.54) is 209 Å². The molecule has 0 spiro atoms. The predicted octanol–water partition coefficient (Wildman–Crippen LogP) is 32.0. The molecule has 8 aliphatic rings. The van der Waals surface area contributed by atoms with E-state index in [0.717, 1.165) is 161 Å². The maximum absolute atomic E-state index is 13.9. The fourth-order valence-corrected chi connectivity index (χ4v) is 21.9. The number of unbranched alkanes of at least 4 members (excludes halogenated alkanes) is 3. The van der Waals surface area contributed by atoms with Crippen LogP contribution < -0.4 is 35.6 Å². The Morgan fingerprint density at radius 3 is 0.924 bits per heavy atom. The molecule has 11 nitrogen and oxygen atoms in total. The Hall–Kier alpha value is -11.3. The zero-order chi connectivity index (χ0) is 91.7. The van der Waals surface area contributed by atoms with E-state index >= 15 is 0 Å². The van der Waals surface area contributed by atoms with Crippen molar-refractivity contribution in [3.05, 3.63) is 303 Å². The second kappa shape index (κ2) is 44.5. The molecule has 4 saturated carbocycles. The van der Waals surface area contributed by atoms with E-state index in [1.54, 1.807) is 21.9 Å². The molecule has 0 radical (unpaired) electrons. The summed E-state index contributed by atoms with van der Waals surface area (Å²) in [6.07, 6.45) is 35.2. The number of hydrogen-bond donors (Lipinski definition) is 3. The van der Waals surface area contributed by atoms with E-state index in [-0.39, 0.29) is 11.7 Å². The van der Waals surface area contributed by atoms with Crippen LogP contribution in [0.15, 0.2) is 231 Å². The topological polar surface area (TPSA) is 117 Å². The zero-order valence-corrected chi connectivity index (χ0v) is 78.5. The number of halogens is 5. The van der Waals surface area contributed by atoms with Crippen LogP contribution in [0.3, 0.4) is 0 Å². The average molecular weight is 1800 g/mol. The number of hydrogen-bond acceptors (Lipinski definition) is 4. The number of rotatable bonds is 20. The van der Waals surface area contributed by atoms with Gasteiger partial charge in [-0.15, -0.1) is 0 Å². The average Bonchev–Trinajstić information content (AvgIpc) is 1.64. The zero-order valence-electron chi connectivity index (χ0n) is 77.7. The van der Waals surface area contributed by atoms with Crippen molar-refractivity contribution in [2.24, 2.45) is 23.7 Å². The lowest BCUT2D eigenvalue weighted by molar-refractivity contribution is -0.118. The standard InChI is InChI=1S/C29H31ClN2O.2C29H30F2N2O.C29H39NO/c1-2-20-3-5-21(6-4-20)22-7-9-23(10-8-22)24-11-16-28-25(19-24)17-18-32(28)29(33)31-27-14-12-26(30)13-15-27;1-2-19-3-5-20(6-4-19)21-7-9-22(10-8-21)23-11-12-28-24(15-23)13-14-33(28)29(34)32-27-17-25(30)16-26(31)18-27;1-2-19-6-8-20(9-7-19)21-10-12-22(13-11-21)23-14-15-27-24(18-23)16-17-33(27)29(34)32-28-25(30)4-3-5-26(28)31;1-3-5-6-7-8-29(31)30-20-19-27-21-26(17-18-28(27)30)25-15-13-24(14-16-25)23-11-9-22(4-2)10-12-23/h7-16,19-21H,2-6,17-18H2,1H3,(H,31,33);7-12,15-20H,2-6,13-14H2,1H3,(H,32,34);3-5,10-15,18-20H,2,6-9,16-17H2,1H3,(H,32,34);13-18,21-23H,3-12,19-20H2,1-2H3. The number of amides is 7. The molecule has 7 amide bonds. The van der Waals surface area contributed by atoms with Gasteiger partial charge in [0.15, 0.2) is 0 Å². The first-order valence-electron chi connectivity index (χ1n) is 49.5. The normalized spacial score (nSPS) is 20.0. The number of para-hydroxylation sites is 1. The maximum atomic E-state index is 13.9. The van der Waals surface area contributed by atoms with Gasteiger partial charge in [0.05, 0.1) is 0 Å². The molecule has 4 aliphatic carbocycles. The summed E-state index contributed by atoms with van der Waals surface area (Å²) in [4.78, 5) is 58.0. The molecule has 3 N–H and O–H groups in total. The number of nitrogens with one attached hydrogen (secondary N) is 3. The van der Waals surface area contributed by atoms with Crippen molar-refractivity contribution in [1.29, 1.82) is 0 Å². The van der Waals surface area contributed by atoms with Crippen LogP contribution in [0.5, 0.6) is 0 Å². The van der Waals surface area contributed by atoms with Gasteiger partial charge < -0.3 is 20.9 Å². The first kappa shape index (κ1) is 93.9. The SMILES string of the molecule is CCC1CCC(c2ccc(-c3ccc4c(c3)CCN4C(=O)Nc3c(F)cccc3F)cc2)CC1.CCC1CCC(c2ccc(-c3ccc4c(c3)CCN4C(=O)Nc3cc(F)cc(F)c3)cc2)CC1.CCC1CCC(c2ccc(-c3ccc4c(c3)CCN4C(=O)Nc3ccc(Cl)cc3)cc2)CC1.CCCCCCC(=O)N1CCc2cc(-c3ccc(C4CCC(CC)CC4)cc3)ccc21. The molecule has 4 aliphatic heterocycles. The van der Waals surface area contributed by atoms with E-state index < -0.39 is 41.0 Å². The Kier molecular flexibility index (Phi) is 31.7. The maximum Gasteiger partial charge on any atom is 0.326 e. The second-order valence-electron chi connectivity index (χ2n) is 38.2. The summed E-state index contributed by atoms with van der Waals surface area (Å²) in [5, 5.41) is 8.62. The summed E-state index contributed by atoms with van der Waals surface area (Å²) in [5.74, 6) is 3.77. The van der Waals surface area contributed by atoms with Crippen molar-refractivity contribution in [2.75, 3.05) is 61.7 Å². The molecule has 19 rings (SSSR count). The molecule has 0 unspecified atom stereocenters. The lowest BCUT2D eigenvalue weighted by atomic mass is 9.77. The first-order valence-corrected chi connectivity index (χ1v) is 49.9. The van der Waals surface area contributed by atoms with Crippen molar-refractivity contribution >= 4 is 75.4 Å². The highest BCUT2D eigenvalue weighted by Gasteiger charge is 2.33. The number of fused-ring (bicyclic) bond motifs is 4. The van der Waals surface area contributed by atoms with Crippen LogP contribution in [0, 0.1) is 46.9 Å². The number of urea groups is 3. The van der Waals surface area contributed by atoms with Gasteiger partial charge in [0.25, 0.3) is 0 Å². The van der Waals surface area contributed by atoms with Crippen LogP contribution >= 0.6 is 11.6 Å². The predicted molar refractivity (Wildman–Crippen MR) is 537 cm³/mol. The largest absolute Gasteiger partial charge is 0.326 e. The molecule has 11 aromatic rings. The highest BCUT2D eigenvalue weighted by Crippen LogP contribution is 2.45. The summed E-state index contributed by atoms with van der Waals surface area (Å²) in [5.41, 5.74) is 24.4. The molecular weight excluding hydrogens is 1670 g/mol. The number of carbonyl (C=O) groups excluding carboxylic acids is 4. The van der Waals surface area contributed by atoms with E-state index in [9.17, 15) is 36.7 Å². The van der Waals surface area contributed by atoms with Crippen LogP contribution in [-0.2, 0) is 30.5 Å². The number of carbonyl (C=O) groups is 4. The quantitative estimate of drug-likeness (QED) is 0.0520. The third kappa shape index (κ3) is 23.1. The van der Waals surface area contributed by atoms with Crippen LogP contribution in [0.4, 0.5) is 71.8 Å². The van der Waals surface area contributed by atoms with Crippen molar-refractivity contribution in [3.63, 3.8) is 0 Å². The highest BCUT2D eigenvalue weighted by atomic mass is 35.5. The van der Waals surface area contributed by atoms with Gasteiger partial charge in [-0.2, -0.15) is 0 Å². The van der Waals surface area contributed by atoms with Gasteiger partial charge in [-0.1, -0.05) is 219 Å². The molecule has 0 atom stereocenters. The first-order chi connectivity index (χ1) is 64.3. The van der Waals surface area contributed by atoms with Crippen molar-refractivity contribution in [1.82, 2.24) is 0 Å². The minimum Gasteiger partial charge on any atom is -0.312 e. The summed E-state index contributed by atoms with van der Waals surface area (Å²) in [6.45, 7) is 14.0. The van der Waals surface area contributed by atoms with Gasteiger partial charge in [-0.25, -0.2) is 31.9 Å². The third-order valence-corrected chi connectivity index (χ3v) is 30.4. The summed E-state index contributed by atoms with van der Waals surface area (Å²) < 4.78 is 54.8. The monoisotopic (exact) mass is 1800 g/mol. The van der Waals surface area contributed by atoms with Crippen molar-refractivity contribution < 1.29 is 36.7 Å². The van der Waals surface area contributed by atoms with Gasteiger partial charge >= 0.3 is 18.1 Å². The molecule has 4 heterocycles. The van der Waals surface area contributed by atoms with Gasteiger partial charge in [0, 0.05) is 77.8 Å². The van der Waals surface area contributed by atoms with Crippen molar-refractivity contribution in [2.45, 2.75) is 244 Å². The summed E-state index contributed by atoms with van der Waals surface area (Å²) >= 11 is 5.94. The van der Waals surface area contributed by atoms with Crippen LogP contribution in [0.25, 0.3) is 44.5 Å². The minimum atomic E-state index is -0.787. The van der Waals surface area contributed by atoms with Crippen LogP contribution in [0.1, 0.15) is 263 Å². The molecule has 0 aromatic heterocycles. The smallest absolute Gasteiger partial charge is 0.312 e. The van der Waals surface area contributed by atoms with Crippen LogP contribution in [-0.4, -0.2) is 50.2 Å². The number of benzene rings is 11. The molecule has 0 bridgehead atoms. The fourth-order valence-electron chi connectivity index (χ4n) is 21.8. The van der Waals surface area contributed by atoms with Gasteiger partial charge in [0.1, 0.15) is 29.0 Å². The van der Waals surface area contributed by atoms with E-state index in [1.807, 2.05) is 46.2 Å². The van der Waals surface area contributed by atoms with Gasteiger partial charge in [-0.3, -0.25) is 19.5 Å². The molecule has 132 heavy (non-hydrogen) atoms. The van der Waals surface area contributed by atoms with Gasteiger partial charge in [-0.05, 0) is 368 Å². The molecule has 11 aromatic carbocycles. The third-order valence-electron chi connectivity index (χ3n) is 30.1. The lowest BCUT2D eigenvalue weighted by Crippen LogP contribution is -2.33. The highest BCUT2D eigenvalue weighted by molar-refractivity contribution is 6.30. The van der Waals surface area contributed by atoms with E-state index in [0.29, 0.717) is 55.2 Å². The Balaban J connectivity index is 0.000000128. The molecule has 4 fully saturated rings. The summed E-state index contributed by atoms with van der Waals surface area (Å²) in [7, 11) is 0. The van der Waals surface area contributed by atoms with E-state index in [4.69, 9.17) is 11.6 Å². The minimum absolute atomic E-state index is 0.106. The number of anilines is 7. The number of nitrogens with zero attached hydrogens (tertiary/aromatic N) is 4. The molecule has 16 heteroatoms. The molecule has 0 saturated heterocycles. The Labute approximate surface area is 785 Å². The summed E-state index contributed by atoms with van der Waals surface area (Å²) in [6, 6.07) is 74.4. The van der Waals surface area contributed by atoms with E-state index in [2.05, 4.69) is 196 Å². The van der Waals surface area contributed by atoms with Gasteiger partial charge in [0.2, 0.25) is 5.91 Å².